The maximum atomic E-state index is 12.5. The van der Waals surface area contributed by atoms with Gasteiger partial charge in [-0.1, -0.05) is 33.9 Å². The molecule has 342 valence electrons. The average Bonchev–Trinajstić information content (AvgIpc) is 4.12. The standard InChI is InChI=1S/C21H34O10.C13H20O6.C7H10O3/c1-7-21(6,19(26)30-11-15-10-29-15)12-20(4,5)18(25)28-9-8-27-17(24)14(3)31-16(23)13(2)22;1-8(2)11(14)17-6-7-18-13(16)10(5)19-12(15)9(3)4;1-5(2)7(8)10-4-6-3-9-6/h13-15,22H,7-12H2,1-6H3;9-10H,1,6-7H2,2-5H3;6H,1,3-4H2,2H3. The first-order valence-corrected chi connectivity index (χ1v) is 19.4. The van der Waals surface area contributed by atoms with Crippen LogP contribution in [0.4, 0.5) is 0 Å². The lowest BCUT2D eigenvalue weighted by Crippen LogP contribution is -2.39. The number of aliphatic hydroxyl groups is 1. The molecule has 0 aromatic heterocycles. The fourth-order valence-electron chi connectivity index (χ4n) is 4.14. The van der Waals surface area contributed by atoms with Crippen molar-refractivity contribution < 1.29 is 90.8 Å². The number of aliphatic hydroxyl groups excluding tert-OH is 1. The molecule has 0 aliphatic carbocycles. The van der Waals surface area contributed by atoms with Gasteiger partial charge in [0.2, 0.25) is 0 Å². The third-order valence-corrected chi connectivity index (χ3v) is 8.14. The van der Waals surface area contributed by atoms with Crippen molar-refractivity contribution in [2.75, 3.05) is 52.9 Å². The Morgan fingerprint density at radius 2 is 1.02 bits per heavy atom. The minimum absolute atomic E-state index is 0.0379. The minimum Gasteiger partial charge on any atom is -0.462 e. The second kappa shape index (κ2) is 27.1. The number of ether oxygens (including phenoxy) is 10. The molecule has 6 atom stereocenters. The van der Waals surface area contributed by atoms with Gasteiger partial charge in [0.05, 0.1) is 30.0 Å². The van der Waals surface area contributed by atoms with Crippen molar-refractivity contribution in [1.82, 2.24) is 0 Å². The van der Waals surface area contributed by atoms with Crippen LogP contribution in [0.3, 0.4) is 0 Å². The Labute approximate surface area is 351 Å². The molecule has 19 heteroatoms. The molecule has 0 aromatic rings. The molecule has 2 rings (SSSR count). The largest absolute Gasteiger partial charge is 0.462 e. The maximum absolute atomic E-state index is 12.5. The van der Waals surface area contributed by atoms with Crippen molar-refractivity contribution in [3.8, 4) is 0 Å². The molecule has 0 saturated carbocycles. The van der Waals surface area contributed by atoms with Crippen molar-refractivity contribution in [1.29, 1.82) is 0 Å². The van der Waals surface area contributed by atoms with E-state index >= 15 is 0 Å². The number of rotatable bonds is 23. The molecular weight excluding hydrogens is 796 g/mol. The van der Waals surface area contributed by atoms with E-state index in [0.29, 0.717) is 31.8 Å². The van der Waals surface area contributed by atoms with E-state index in [-0.39, 0.29) is 75.1 Å². The third-order valence-electron chi connectivity index (χ3n) is 8.14. The van der Waals surface area contributed by atoms with E-state index in [9.17, 15) is 38.4 Å². The van der Waals surface area contributed by atoms with Crippen LogP contribution in [0.5, 0.6) is 0 Å². The van der Waals surface area contributed by atoms with E-state index in [2.05, 4.69) is 13.2 Å². The van der Waals surface area contributed by atoms with E-state index in [0.717, 1.165) is 0 Å². The molecule has 2 aliphatic rings. The van der Waals surface area contributed by atoms with Crippen molar-refractivity contribution in [3.05, 3.63) is 24.3 Å². The van der Waals surface area contributed by atoms with E-state index in [4.69, 9.17) is 52.5 Å². The van der Waals surface area contributed by atoms with Crippen LogP contribution in [0, 0.1) is 16.7 Å². The van der Waals surface area contributed by atoms with Gasteiger partial charge in [0.15, 0.2) is 12.2 Å². The first-order chi connectivity index (χ1) is 27.8. The van der Waals surface area contributed by atoms with Crippen molar-refractivity contribution in [3.63, 3.8) is 0 Å². The van der Waals surface area contributed by atoms with E-state index in [1.165, 1.54) is 27.7 Å². The molecule has 0 amide bonds. The molecule has 0 bridgehead atoms. The van der Waals surface area contributed by atoms with Gasteiger partial charge in [-0.15, -0.1) is 0 Å². The second-order valence-electron chi connectivity index (χ2n) is 15.2. The predicted octanol–water partition coefficient (Wildman–Crippen LogP) is 2.90. The summed E-state index contributed by atoms with van der Waals surface area (Å²) in [7, 11) is 0. The summed E-state index contributed by atoms with van der Waals surface area (Å²) in [6.07, 6.45) is -2.74. The Balaban J connectivity index is 0.00000101. The molecule has 2 heterocycles. The van der Waals surface area contributed by atoms with Gasteiger partial charge in [-0.2, -0.15) is 0 Å². The number of epoxide rings is 2. The van der Waals surface area contributed by atoms with Crippen LogP contribution in [-0.2, 0) is 85.7 Å². The van der Waals surface area contributed by atoms with E-state index in [1.807, 2.05) is 6.92 Å². The predicted molar refractivity (Wildman–Crippen MR) is 209 cm³/mol. The van der Waals surface area contributed by atoms with Gasteiger partial charge in [-0.25, -0.2) is 24.0 Å². The van der Waals surface area contributed by atoms with Gasteiger partial charge in [0, 0.05) is 11.1 Å². The molecule has 0 radical (unpaired) electrons. The smallest absolute Gasteiger partial charge is 0.347 e. The lowest BCUT2D eigenvalue weighted by atomic mass is 9.72. The number of esters is 8. The highest BCUT2D eigenvalue weighted by Gasteiger charge is 2.43. The average molecular weight is 861 g/mol. The highest BCUT2D eigenvalue weighted by atomic mass is 16.6. The summed E-state index contributed by atoms with van der Waals surface area (Å²) >= 11 is 0. The molecule has 1 N–H and O–H groups in total. The second-order valence-corrected chi connectivity index (χ2v) is 15.2. The van der Waals surface area contributed by atoms with Crippen LogP contribution in [0.25, 0.3) is 0 Å². The monoisotopic (exact) mass is 860 g/mol. The number of carbonyl (C=O) groups excluding carboxylic acids is 8. The molecule has 2 fully saturated rings. The Bertz CT molecular complexity index is 1490. The van der Waals surface area contributed by atoms with Crippen LogP contribution in [0.15, 0.2) is 24.3 Å². The molecule has 19 nitrogen and oxygen atoms in total. The molecule has 6 unspecified atom stereocenters. The van der Waals surface area contributed by atoms with Crippen LogP contribution >= 0.6 is 0 Å². The first kappa shape index (κ1) is 55.1. The zero-order chi connectivity index (χ0) is 46.4. The Morgan fingerprint density at radius 1 is 0.617 bits per heavy atom. The summed E-state index contributed by atoms with van der Waals surface area (Å²) in [6.45, 7) is 25.5. The van der Waals surface area contributed by atoms with Crippen LogP contribution in [0.2, 0.25) is 0 Å². The fraction of sp³-hybridized carbons (Fsp3) is 0.707. The third kappa shape index (κ3) is 23.6. The van der Waals surface area contributed by atoms with E-state index in [1.54, 1.807) is 41.5 Å². The lowest BCUT2D eigenvalue weighted by Gasteiger charge is -2.33. The van der Waals surface area contributed by atoms with Gasteiger partial charge in [-0.3, -0.25) is 14.4 Å². The summed E-state index contributed by atoms with van der Waals surface area (Å²) in [5.41, 5.74) is -1.15. The summed E-state index contributed by atoms with van der Waals surface area (Å²) in [5, 5.41) is 9.07. The highest BCUT2D eigenvalue weighted by Crippen LogP contribution is 2.38. The summed E-state index contributed by atoms with van der Waals surface area (Å²) < 4.78 is 49.1. The number of hydrogen-bond acceptors (Lipinski definition) is 19. The van der Waals surface area contributed by atoms with Crippen LogP contribution < -0.4 is 0 Å². The van der Waals surface area contributed by atoms with Crippen LogP contribution in [0.1, 0.15) is 89.0 Å². The van der Waals surface area contributed by atoms with Gasteiger partial charge >= 0.3 is 47.8 Å². The van der Waals surface area contributed by atoms with Crippen LogP contribution in [-0.4, -0.2) is 136 Å². The molecule has 2 saturated heterocycles. The van der Waals surface area contributed by atoms with Crippen molar-refractivity contribution in [2.24, 2.45) is 16.7 Å². The SMILES string of the molecule is C=C(C)C(=O)OCC1CO1.C=C(C)C(=O)OCCOC(=O)C(C)OC(=O)C(C)C.CCC(C)(CC(C)(C)C(=O)OCCOC(=O)C(C)OC(=O)C(C)O)C(=O)OCC1CO1. The van der Waals surface area contributed by atoms with Gasteiger partial charge in [0.1, 0.15) is 58.0 Å². The summed E-state index contributed by atoms with van der Waals surface area (Å²) in [4.78, 5) is 92.4. The topological polar surface area (TPSA) is 256 Å². The van der Waals surface area contributed by atoms with E-state index < -0.39 is 65.0 Å². The van der Waals surface area contributed by atoms with Gasteiger partial charge < -0.3 is 52.5 Å². The zero-order valence-electron chi connectivity index (χ0n) is 36.7. The lowest BCUT2D eigenvalue weighted by molar-refractivity contribution is -0.173. The van der Waals surface area contributed by atoms with Crippen molar-refractivity contribution in [2.45, 2.75) is 120 Å². The first-order valence-electron chi connectivity index (χ1n) is 19.4. The number of hydrogen-bond donors (Lipinski definition) is 1. The molecule has 2 aliphatic heterocycles. The summed E-state index contributed by atoms with van der Waals surface area (Å²) in [5.74, 6) is -5.06. The number of carbonyl (C=O) groups is 8. The van der Waals surface area contributed by atoms with Gasteiger partial charge in [0.25, 0.3) is 0 Å². The highest BCUT2D eigenvalue weighted by molar-refractivity contribution is 5.87. The summed E-state index contributed by atoms with van der Waals surface area (Å²) in [6, 6.07) is 0. The minimum atomic E-state index is -1.36. The Morgan fingerprint density at radius 3 is 1.42 bits per heavy atom. The molecule has 0 aromatic carbocycles. The molecular formula is C41H64O19. The quantitative estimate of drug-likeness (QED) is 0.0509. The Hall–Kier alpha value is -4.88. The fourth-order valence-corrected chi connectivity index (χ4v) is 4.14. The normalized spacial score (nSPS) is 17.4. The molecule has 0 spiro atoms. The zero-order valence-corrected chi connectivity index (χ0v) is 36.7. The van der Waals surface area contributed by atoms with Gasteiger partial charge in [-0.05, 0) is 68.2 Å². The maximum Gasteiger partial charge on any atom is 0.347 e. The Kier molecular flexibility index (Phi) is 24.9. The van der Waals surface area contributed by atoms with Crippen molar-refractivity contribution >= 4 is 47.8 Å². The molecule has 60 heavy (non-hydrogen) atoms.